The van der Waals surface area contributed by atoms with Crippen LogP contribution in [0.1, 0.15) is 13.3 Å². The van der Waals surface area contributed by atoms with Gasteiger partial charge in [-0.15, -0.1) is 6.42 Å². The van der Waals surface area contributed by atoms with Gasteiger partial charge < -0.3 is 5.32 Å². The molecule has 0 saturated heterocycles. The van der Waals surface area contributed by atoms with E-state index in [-0.39, 0.29) is 6.04 Å². The van der Waals surface area contributed by atoms with Crippen molar-refractivity contribution in [2.24, 2.45) is 0 Å². The third-order valence-corrected chi connectivity index (χ3v) is 1.84. The maximum atomic E-state index is 5.27. The van der Waals surface area contributed by atoms with Gasteiger partial charge >= 0.3 is 0 Å². The summed E-state index contributed by atoms with van der Waals surface area (Å²) in [6.45, 7) is 4.16. The molecule has 1 N–H and O–H groups in total. The van der Waals surface area contributed by atoms with Crippen molar-refractivity contribution in [2.75, 3.05) is 27.2 Å². The molecule has 0 spiro atoms. The molecule has 0 radical (unpaired) electrons. The Bertz CT molecular complexity index is 126. The van der Waals surface area contributed by atoms with Crippen LogP contribution in [0.15, 0.2) is 0 Å². The van der Waals surface area contributed by atoms with E-state index in [1.165, 1.54) is 0 Å². The first-order valence-corrected chi connectivity index (χ1v) is 4.03. The lowest BCUT2D eigenvalue weighted by Crippen LogP contribution is -2.30. The Balaban J connectivity index is 3.37. The van der Waals surface area contributed by atoms with E-state index >= 15 is 0 Å². The topological polar surface area (TPSA) is 15.3 Å². The molecular formula is C9H18N2. The van der Waals surface area contributed by atoms with Crippen LogP contribution in [0.3, 0.4) is 0 Å². The first-order valence-electron chi connectivity index (χ1n) is 4.03. The van der Waals surface area contributed by atoms with Gasteiger partial charge in [0, 0.05) is 6.54 Å². The summed E-state index contributed by atoms with van der Waals surface area (Å²) in [5.41, 5.74) is 0. The van der Waals surface area contributed by atoms with Gasteiger partial charge in [0.2, 0.25) is 0 Å². The molecule has 0 aromatic carbocycles. The van der Waals surface area contributed by atoms with Crippen LogP contribution in [0.2, 0.25) is 0 Å². The Morgan fingerprint density at radius 1 is 1.64 bits per heavy atom. The Morgan fingerprint density at radius 2 is 2.27 bits per heavy atom. The average Bonchev–Trinajstić information content (AvgIpc) is 2.03. The van der Waals surface area contributed by atoms with E-state index in [0.717, 1.165) is 19.5 Å². The van der Waals surface area contributed by atoms with Gasteiger partial charge in [-0.25, -0.2) is 0 Å². The van der Waals surface area contributed by atoms with Crippen molar-refractivity contribution in [2.45, 2.75) is 19.4 Å². The number of hydrogen-bond donors (Lipinski definition) is 1. The fraction of sp³-hybridized carbons (Fsp3) is 0.778. The molecule has 0 saturated carbocycles. The molecule has 0 aromatic heterocycles. The number of hydrogen-bond acceptors (Lipinski definition) is 2. The van der Waals surface area contributed by atoms with Crippen LogP contribution < -0.4 is 5.32 Å². The molecule has 1 unspecified atom stereocenters. The predicted molar refractivity (Wildman–Crippen MR) is 49.5 cm³/mol. The van der Waals surface area contributed by atoms with Crippen LogP contribution >= 0.6 is 0 Å². The summed E-state index contributed by atoms with van der Waals surface area (Å²) in [6.07, 6.45) is 6.42. The Kier molecular flexibility index (Phi) is 5.91. The smallest absolute Gasteiger partial charge is 0.0680 e. The molecule has 0 bridgehead atoms. The zero-order valence-corrected chi connectivity index (χ0v) is 7.72. The van der Waals surface area contributed by atoms with Gasteiger partial charge in [-0.3, -0.25) is 4.90 Å². The lowest BCUT2D eigenvalue weighted by molar-refractivity contribution is 0.300. The lowest BCUT2D eigenvalue weighted by atomic mass is 10.3. The van der Waals surface area contributed by atoms with Crippen LogP contribution in [-0.4, -0.2) is 38.1 Å². The highest BCUT2D eigenvalue weighted by atomic mass is 15.1. The van der Waals surface area contributed by atoms with Gasteiger partial charge in [-0.2, -0.15) is 0 Å². The first-order chi connectivity index (χ1) is 5.22. The summed E-state index contributed by atoms with van der Waals surface area (Å²) in [4.78, 5) is 2.18. The van der Waals surface area contributed by atoms with Crippen LogP contribution in [-0.2, 0) is 0 Å². The molecular weight excluding hydrogens is 136 g/mol. The molecule has 0 fully saturated rings. The van der Waals surface area contributed by atoms with Gasteiger partial charge in [-0.1, -0.05) is 5.92 Å². The molecule has 11 heavy (non-hydrogen) atoms. The van der Waals surface area contributed by atoms with Crippen LogP contribution in [0.5, 0.6) is 0 Å². The standard InChI is InChI=1S/C9H18N2/c1-5-9(2)11(4)8-6-7-10-3/h1,9-10H,6-8H2,2-4H3. The molecule has 0 aromatic rings. The molecule has 2 heteroatoms. The summed E-state index contributed by atoms with van der Waals surface area (Å²) in [5, 5.41) is 3.10. The van der Waals surface area contributed by atoms with Crippen molar-refractivity contribution in [1.29, 1.82) is 0 Å². The van der Waals surface area contributed by atoms with Gasteiger partial charge in [-0.05, 0) is 34.0 Å². The van der Waals surface area contributed by atoms with Crippen molar-refractivity contribution in [1.82, 2.24) is 10.2 Å². The fourth-order valence-corrected chi connectivity index (χ4v) is 0.826. The molecule has 0 amide bonds. The molecule has 0 rings (SSSR count). The quantitative estimate of drug-likeness (QED) is 0.459. The number of nitrogens with one attached hydrogen (secondary N) is 1. The molecule has 0 aliphatic rings. The SMILES string of the molecule is C#CC(C)N(C)CCCNC. The second-order valence-corrected chi connectivity index (χ2v) is 2.78. The molecule has 0 heterocycles. The molecule has 2 nitrogen and oxygen atoms in total. The second kappa shape index (κ2) is 6.21. The average molecular weight is 154 g/mol. The van der Waals surface area contributed by atoms with E-state index < -0.39 is 0 Å². The predicted octanol–water partition coefficient (Wildman–Crippen LogP) is 0.549. The van der Waals surface area contributed by atoms with E-state index in [0.29, 0.717) is 0 Å². The highest BCUT2D eigenvalue weighted by molar-refractivity contribution is 4.96. The van der Waals surface area contributed by atoms with Crippen molar-refractivity contribution in [3.63, 3.8) is 0 Å². The van der Waals surface area contributed by atoms with E-state index in [9.17, 15) is 0 Å². The van der Waals surface area contributed by atoms with Gasteiger partial charge in [0.25, 0.3) is 0 Å². The maximum Gasteiger partial charge on any atom is 0.0680 e. The minimum atomic E-state index is 0.256. The summed E-state index contributed by atoms with van der Waals surface area (Å²) < 4.78 is 0. The van der Waals surface area contributed by atoms with Gasteiger partial charge in [0.1, 0.15) is 0 Å². The summed E-state index contributed by atoms with van der Waals surface area (Å²) in [7, 11) is 4.02. The Hall–Kier alpha value is -0.520. The normalized spacial score (nSPS) is 13.0. The van der Waals surface area contributed by atoms with E-state index in [4.69, 9.17) is 6.42 Å². The van der Waals surface area contributed by atoms with Crippen LogP contribution in [0, 0.1) is 12.3 Å². The van der Waals surface area contributed by atoms with Crippen molar-refractivity contribution in [3.8, 4) is 12.3 Å². The zero-order valence-electron chi connectivity index (χ0n) is 7.72. The van der Waals surface area contributed by atoms with Gasteiger partial charge in [0.15, 0.2) is 0 Å². The third kappa shape index (κ3) is 4.83. The van der Waals surface area contributed by atoms with Gasteiger partial charge in [0.05, 0.1) is 6.04 Å². The molecule has 64 valence electrons. The Labute approximate surface area is 70.0 Å². The number of rotatable bonds is 5. The summed E-state index contributed by atoms with van der Waals surface area (Å²) >= 11 is 0. The lowest BCUT2D eigenvalue weighted by Gasteiger charge is -2.19. The fourth-order valence-electron chi connectivity index (χ4n) is 0.826. The van der Waals surface area contributed by atoms with Crippen molar-refractivity contribution < 1.29 is 0 Å². The zero-order chi connectivity index (χ0) is 8.69. The molecule has 0 aliphatic carbocycles. The highest BCUT2D eigenvalue weighted by Crippen LogP contribution is 1.93. The van der Waals surface area contributed by atoms with Crippen molar-refractivity contribution in [3.05, 3.63) is 0 Å². The third-order valence-electron chi connectivity index (χ3n) is 1.84. The van der Waals surface area contributed by atoms with E-state index in [2.05, 4.69) is 23.2 Å². The Morgan fingerprint density at radius 3 is 2.73 bits per heavy atom. The number of nitrogens with zero attached hydrogens (tertiary/aromatic N) is 1. The minimum absolute atomic E-state index is 0.256. The minimum Gasteiger partial charge on any atom is -0.320 e. The van der Waals surface area contributed by atoms with Crippen LogP contribution in [0.4, 0.5) is 0 Å². The molecule has 0 aliphatic heterocycles. The first kappa shape index (κ1) is 10.5. The largest absolute Gasteiger partial charge is 0.320 e. The highest BCUT2D eigenvalue weighted by Gasteiger charge is 2.03. The summed E-state index contributed by atoms with van der Waals surface area (Å²) in [5.74, 6) is 2.70. The van der Waals surface area contributed by atoms with E-state index in [1.54, 1.807) is 0 Å². The van der Waals surface area contributed by atoms with Crippen LogP contribution in [0.25, 0.3) is 0 Å². The monoisotopic (exact) mass is 154 g/mol. The molecule has 1 atom stereocenters. The van der Waals surface area contributed by atoms with Crippen molar-refractivity contribution >= 4 is 0 Å². The summed E-state index contributed by atoms with van der Waals surface area (Å²) in [6, 6.07) is 0.256. The second-order valence-electron chi connectivity index (χ2n) is 2.78. The maximum absolute atomic E-state index is 5.27. The van der Waals surface area contributed by atoms with E-state index in [1.807, 2.05) is 14.0 Å². The number of terminal acetylenes is 1.